The molecule has 0 aliphatic rings. The molecule has 0 bridgehead atoms. The van der Waals surface area contributed by atoms with Crippen molar-refractivity contribution in [2.24, 2.45) is 0 Å². The van der Waals surface area contributed by atoms with Crippen LogP contribution in [0.3, 0.4) is 0 Å². The van der Waals surface area contributed by atoms with Crippen molar-refractivity contribution in [3.63, 3.8) is 0 Å². The summed E-state index contributed by atoms with van der Waals surface area (Å²) in [4.78, 5) is 9.34. The van der Waals surface area contributed by atoms with Crippen LogP contribution < -0.4 is 0 Å². The smallest absolute Gasteiger partial charge is 0.314 e. The Morgan fingerprint density at radius 1 is 1.33 bits per heavy atom. The van der Waals surface area contributed by atoms with Crippen molar-refractivity contribution in [1.29, 1.82) is 0 Å². The van der Waals surface area contributed by atoms with Gasteiger partial charge in [0.1, 0.15) is 0 Å². The molecule has 0 saturated heterocycles. The van der Waals surface area contributed by atoms with Gasteiger partial charge in [0.25, 0.3) is 0 Å². The second-order valence-corrected chi connectivity index (χ2v) is 1.90. The quantitative estimate of drug-likeness (QED) is 0.319. The maximum atomic E-state index is 10.1. The topological polar surface area (TPSA) is 83.6 Å². The summed E-state index contributed by atoms with van der Waals surface area (Å²) < 4.78 is 0. The van der Waals surface area contributed by atoms with E-state index in [-0.39, 0.29) is 17.1 Å². The Labute approximate surface area is 78.3 Å². The zero-order valence-corrected chi connectivity index (χ0v) is 6.63. The molecule has 0 heterocycles. The Kier molecular flexibility index (Phi) is 3.53. The molecule has 0 unspecified atom stereocenters. The van der Waals surface area contributed by atoms with Gasteiger partial charge in [-0.1, -0.05) is 6.07 Å². The van der Waals surface area contributed by atoms with Gasteiger partial charge in [0.05, 0.1) is 4.92 Å². The molecule has 2 N–H and O–H groups in total. The molecular weight excluding hydrogens is 214 g/mol. The standard InChI is InChI=1S/C6H5NO4.Cu/c8-5-3-1-2-4(6(5)9)7(10)11;/h1-3,8-9H;. The van der Waals surface area contributed by atoms with Gasteiger partial charge in [-0.25, -0.2) is 0 Å². The van der Waals surface area contributed by atoms with Gasteiger partial charge in [0.2, 0.25) is 5.75 Å². The largest absolute Gasteiger partial charge is 0.504 e. The van der Waals surface area contributed by atoms with E-state index < -0.39 is 22.1 Å². The Morgan fingerprint density at radius 2 is 1.92 bits per heavy atom. The van der Waals surface area contributed by atoms with Crippen LogP contribution >= 0.6 is 0 Å². The molecule has 0 atom stereocenters. The number of nitrogens with zero attached hydrogens (tertiary/aromatic N) is 1. The van der Waals surface area contributed by atoms with E-state index in [9.17, 15) is 10.1 Å². The minimum absolute atomic E-state index is 0. The van der Waals surface area contributed by atoms with Gasteiger partial charge in [-0.2, -0.15) is 0 Å². The van der Waals surface area contributed by atoms with Gasteiger partial charge in [-0.3, -0.25) is 10.1 Å². The summed E-state index contributed by atoms with van der Waals surface area (Å²) in [5, 5.41) is 27.8. The zero-order valence-electron chi connectivity index (χ0n) is 5.69. The monoisotopic (exact) mass is 218 g/mol. The van der Waals surface area contributed by atoms with Crippen molar-refractivity contribution in [3.05, 3.63) is 28.3 Å². The molecule has 0 aliphatic carbocycles. The first kappa shape index (κ1) is 10.7. The summed E-state index contributed by atoms with van der Waals surface area (Å²) in [5.74, 6) is -1.18. The van der Waals surface area contributed by atoms with E-state index in [1.165, 1.54) is 12.1 Å². The SMILES string of the molecule is O=[N+]([O-])c1cccc(O)c1O.[Cu]. The summed E-state index contributed by atoms with van der Waals surface area (Å²) in [7, 11) is 0. The van der Waals surface area contributed by atoms with Crippen LogP contribution in [-0.4, -0.2) is 15.1 Å². The first-order chi connectivity index (χ1) is 5.13. The fraction of sp³-hybridized carbons (Fsp3) is 0. The Hall–Kier alpha value is -1.26. The minimum atomic E-state index is -0.769. The van der Waals surface area contributed by atoms with Crippen LogP contribution in [0, 0.1) is 10.1 Å². The molecule has 1 rings (SSSR count). The van der Waals surface area contributed by atoms with Crippen LogP contribution in [0.4, 0.5) is 5.69 Å². The summed E-state index contributed by atoms with van der Waals surface area (Å²) in [6.45, 7) is 0. The van der Waals surface area contributed by atoms with Gasteiger partial charge in [0, 0.05) is 23.1 Å². The van der Waals surface area contributed by atoms with E-state index in [0.717, 1.165) is 6.07 Å². The normalized spacial score (nSPS) is 8.67. The third kappa shape index (κ3) is 1.87. The van der Waals surface area contributed by atoms with Crippen molar-refractivity contribution < 1.29 is 32.2 Å². The Balaban J connectivity index is 0.00000121. The zero-order chi connectivity index (χ0) is 8.43. The van der Waals surface area contributed by atoms with Crippen LogP contribution in [0.25, 0.3) is 0 Å². The molecule has 0 saturated carbocycles. The van der Waals surface area contributed by atoms with Crippen LogP contribution in [-0.2, 0) is 17.1 Å². The number of rotatable bonds is 1. The minimum Gasteiger partial charge on any atom is -0.504 e. The van der Waals surface area contributed by atoms with Gasteiger partial charge in [0.15, 0.2) is 5.75 Å². The van der Waals surface area contributed by atoms with Crippen molar-refractivity contribution >= 4 is 5.69 Å². The average Bonchev–Trinajstić information content (AvgIpc) is 1.94. The molecule has 0 aliphatic heterocycles. The molecule has 0 aromatic heterocycles. The maximum Gasteiger partial charge on any atom is 0.314 e. The summed E-state index contributed by atoms with van der Waals surface area (Å²) in [6.07, 6.45) is 0. The average molecular weight is 219 g/mol. The number of hydrogen-bond donors (Lipinski definition) is 2. The van der Waals surface area contributed by atoms with Gasteiger partial charge in [-0.05, 0) is 6.07 Å². The van der Waals surface area contributed by atoms with Gasteiger partial charge in [-0.15, -0.1) is 0 Å². The summed E-state index contributed by atoms with van der Waals surface area (Å²) in [5.41, 5.74) is -0.495. The second-order valence-electron chi connectivity index (χ2n) is 1.90. The van der Waals surface area contributed by atoms with E-state index in [2.05, 4.69) is 0 Å². The van der Waals surface area contributed by atoms with Gasteiger partial charge >= 0.3 is 5.69 Å². The first-order valence-electron chi connectivity index (χ1n) is 2.78. The Morgan fingerprint density at radius 3 is 2.33 bits per heavy atom. The molecule has 5 nitrogen and oxygen atoms in total. The van der Waals surface area contributed by atoms with E-state index >= 15 is 0 Å². The molecule has 69 valence electrons. The number of nitro benzene ring substituents is 1. The number of para-hydroxylation sites is 1. The second kappa shape index (κ2) is 3.94. The molecule has 0 amide bonds. The summed E-state index contributed by atoms with van der Waals surface area (Å²) in [6, 6.07) is 3.56. The van der Waals surface area contributed by atoms with E-state index in [0.29, 0.717) is 0 Å². The predicted molar refractivity (Wildman–Crippen MR) is 36.4 cm³/mol. The molecule has 1 aromatic rings. The van der Waals surface area contributed by atoms with Crippen LogP contribution in [0.1, 0.15) is 0 Å². The van der Waals surface area contributed by atoms with Crippen molar-refractivity contribution in [1.82, 2.24) is 0 Å². The number of hydrogen-bond acceptors (Lipinski definition) is 4. The van der Waals surface area contributed by atoms with Crippen LogP contribution in [0.5, 0.6) is 11.5 Å². The number of phenolic OH excluding ortho intramolecular Hbond substituents is 2. The number of benzene rings is 1. The van der Waals surface area contributed by atoms with Crippen molar-refractivity contribution in [2.45, 2.75) is 0 Å². The maximum absolute atomic E-state index is 10.1. The first-order valence-corrected chi connectivity index (χ1v) is 2.78. The Bertz CT molecular complexity index is 302. The van der Waals surface area contributed by atoms with E-state index in [4.69, 9.17) is 10.2 Å². The van der Waals surface area contributed by atoms with Crippen LogP contribution in [0.15, 0.2) is 18.2 Å². The fourth-order valence-electron chi connectivity index (χ4n) is 0.667. The third-order valence-corrected chi connectivity index (χ3v) is 1.19. The number of phenols is 2. The van der Waals surface area contributed by atoms with Gasteiger partial charge < -0.3 is 10.2 Å². The number of aromatic hydroxyl groups is 2. The molecule has 0 spiro atoms. The predicted octanol–water partition coefficient (Wildman–Crippen LogP) is 1.00. The van der Waals surface area contributed by atoms with Crippen molar-refractivity contribution in [3.8, 4) is 11.5 Å². The third-order valence-electron chi connectivity index (χ3n) is 1.19. The molecule has 0 fully saturated rings. The number of nitro groups is 1. The summed E-state index contributed by atoms with van der Waals surface area (Å²) >= 11 is 0. The molecule has 1 radical (unpaired) electrons. The molecular formula is C6H5CuNO4. The van der Waals surface area contributed by atoms with Crippen LogP contribution in [0.2, 0.25) is 0 Å². The van der Waals surface area contributed by atoms with E-state index in [1.807, 2.05) is 0 Å². The molecule has 6 heteroatoms. The van der Waals surface area contributed by atoms with Crippen molar-refractivity contribution in [2.75, 3.05) is 0 Å². The molecule has 1 aromatic carbocycles. The van der Waals surface area contributed by atoms with E-state index in [1.54, 1.807) is 0 Å². The fourth-order valence-corrected chi connectivity index (χ4v) is 0.667. The molecule has 12 heavy (non-hydrogen) atoms.